The van der Waals surface area contributed by atoms with Crippen molar-refractivity contribution in [1.29, 1.82) is 0 Å². The van der Waals surface area contributed by atoms with E-state index in [1.54, 1.807) is 12.7 Å². The third kappa shape index (κ3) is 4.73. The molecule has 2 aliphatic heterocycles. The number of β-amino-alcohol motifs (C(OH)–C–C–N with tert-alkyl or cyclic N) is 1. The number of aliphatic hydroxyl groups excluding tert-OH is 1. The maximum absolute atomic E-state index is 10.5. The first-order chi connectivity index (χ1) is 11.1. The fourth-order valence-corrected chi connectivity index (χ4v) is 3.95. The van der Waals surface area contributed by atoms with Crippen molar-refractivity contribution in [2.24, 2.45) is 0 Å². The fraction of sp³-hybridized carbons (Fsp3) is 0.875. The van der Waals surface area contributed by atoms with Gasteiger partial charge < -0.3 is 9.84 Å². The first-order valence-corrected chi connectivity index (χ1v) is 8.72. The van der Waals surface area contributed by atoms with Crippen LogP contribution in [0.5, 0.6) is 0 Å². The predicted molar refractivity (Wildman–Crippen MR) is 87.1 cm³/mol. The number of likely N-dealkylation sites (tertiary alicyclic amines) is 1. The van der Waals surface area contributed by atoms with E-state index in [4.69, 9.17) is 4.74 Å². The van der Waals surface area contributed by atoms with E-state index in [0.717, 1.165) is 45.7 Å². The van der Waals surface area contributed by atoms with Crippen molar-refractivity contribution in [3.63, 3.8) is 0 Å². The molecule has 0 aromatic carbocycles. The van der Waals surface area contributed by atoms with Crippen LogP contribution in [0.4, 0.5) is 0 Å². The number of ether oxygens (including phenoxy) is 1. The van der Waals surface area contributed by atoms with Crippen LogP contribution < -0.4 is 0 Å². The van der Waals surface area contributed by atoms with Gasteiger partial charge in [0.25, 0.3) is 0 Å². The fourth-order valence-electron chi connectivity index (χ4n) is 3.95. The first-order valence-electron chi connectivity index (χ1n) is 8.72. The second kappa shape index (κ2) is 7.70. The summed E-state index contributed by atoms with van der Waals surface area (Å²) in [4.78, 5) is 8.73. The van der Waals surface area contributed by atoms with Crippen molar-refractivity contribution < 1.29 is 9.84 Å². The Hall–Kier alpha value is -1.02. The van der Waals surface area contributed by atoms with Crippen LogP contribution in [0.1, 0.15) is 26.7 Å². The van der Waals surface area contributed by atoms with Gasteiger partial charge in [-0.15, -0.1) is 0 Å². The number of hydrogen-bond acceptors (Lipinski definition) is 6. The molecule has 2 fully saturated rings. The molecule has 0 bridgehead atoms. The third-order valence-corrected chi connectivity index (χ3v) is 4.77. The Bertz CT molecular complexity index is 459. The molecular weight excluding hydrogens is 294 g/mol. The van der Waals surface area contributed by atoms with Gasteiger partial charge in [0.1, 0.15) is 12.7 Å². The van der Waals surface area contributed by atoms with Crippen LogP contribution in [-0.4, -0.2) is 86.7 Å². The highest BCUT2D eigenvalue weighted by atomic mass is 16.5. The monoisotopic (exact) mass is 323 g/mol. The van der Waals surface area contributed by atoms with Crippen LogP contribution in [0.15, 0.2) is 12.7 Å². The van der Waals surface area contributed by atoms with Gasteiger partial charge in [0.2, 0.25) is 0 Å². The summed E-state index contributed by atoms with van der Waals surface area (Å²) in [7, 11) is 0. The zero-order valence-electron chi connectivity index (χ0n) is 14.2. The van der Waals surface area contributed by atoms with Crippen LogP contribution in [0.25, 0.3) is 0 Å². The zero-order valence-corrected chi connectivity index (χ0v) is 14.2. The van der Waals surface area contributed by atoms with Gasteiger partial charge in [-0.05, 0) is 33.2 Å². The summed E-state index contributed by atoms with van der Waals surface area (Å²) in [6.07, 6.45) is 5.88. The molecule has 0 amide bonds. The maximum atomic E-state index is 10.5. The highest BCUT2D eigenvalue weighted by molar-refractivity contribution is 4.83. The zero-order chi connectivity index (χ0) is 16.2. The van der Waals surface area contributed by atoms with Crippen molar-refractivity contribution in [3.05, 3.63) is 12.7 Å². The van der Waals surface area contributed by atoms with E-state index < -0.39 is 0 Å². The summed E-state index contributed by atoms with van der Waals surface area (Å²) in [5.41, 5.74) is 0. The third-order valence-electron chi connectivity index (χ3n) is 4.77. The Morgan fingerprint density at radius 1 is 1.26 bits per heavy atom. The molecular formula is C16H29N5O2. The van der Waals surface area contributed by atoms with Crippen molar-refractivity contribution in [2.45, 2.75) is 57.6 Å². The van der Waals surface area contributed by atoms with Gasteiger partial charge in [-0.1, -0.05) is 0 Å². The van der Waals surface area contributed by atoms with Crippen molar-refractivity contribution in [1.82, 2.24) is 24.6 Å². The maximum Gasteiger partial charge on any atom is 0.137 e. The SMILES string of the molecule is C[C@@H]1CN(C[C@H](O)CN2CCC[C@@H]2Cn2cncn2)C[C@@H](C)O1. The van der Waals surface area contributed by atoms with Gasteiger partial charge in [-0.2, -0.15) is 5.10 Å². The van der Waals surface area contributed by atoms with Crippen LogP contribution in [0.2, 0.25) is 0 Å². The molecule has 3 rings (SSSR count). The van der Waals surface area contributed by atoms with Gasteiger partial charge >= 0.3 is 0 Å². The Balaban J connectivity index is 1.47. The Kier molecular flexibility index (Phi) is 5.63. The summed E-state index contributed by atoms with van der Waals surface area (Å²) in [6.45, 7) is 9.40. The van der Waals surface area contributed by atoms with Crippen molar-refractivity contribution in [3.8, 4) is 0 Å². The first kappa shape index (κ1) is 16.8. The quantitative estimate of drug-likeness (QED) is 0.807. The molecule has 1 N–H and O–H groups in total. The minimum Gasteiger partial charge on any atom is -0.390 e. The van der Waals surface area contributed by atoms with Crippen LogP contribution in [0, 0.1) is 0 Å². The van der Waals surface area contributed by atoms with Gasteiger partial charge in [0.15, 0.2) is 0 Å². The van der Waals surface area contributed by atoms with E-state index in [9.17, 15) is 5.11 Å². The predicted octanol–water partition coefficient (Wildman–Crippen LogP) is 0.213. The molecule has 23 heavy (non-hydrogen) atoms. The summed E-state index contributed by atoms with van der Waals surface area (Å²) >= 11 is 0. The van der Waals surface area contributed by atoms with Crippen LogP contribution in [0.3, 0.4) is 0 Å². The van der Waals surface area contributed by atoms with Gasteiger partial charge in [0.05, 0.1) is 24.9 Å². The smallest absolute Gasteiger partial charge is 0.137 e. The molecule has 2 aliphatic rings. The lowest BCUT2D eigenvalue weighted by atomic mass is 10.2. The highest BCUT2D eigenvalue weighted by Gasteiger charge is 2.29. The summed E-state index contributed by atoms with van der Waals surface area (Å²) < 4.78 is 7.65. The number of hydrogen-bond donors (Lipinski definition) is 1. The lowest BCUT2D eigenvalue weighted by molar-refractivity contribution is -0.0782. The number of morpholine rings is 1. The van der Waals surface area contributed by atoms with E-state index >= 15 is 0 Å². The molecule has 7 heteroatoms. The normalized spacial score (nSPS) is 31.5. The lowest BCUT2D eigenvalue weighted by Gasteiger charge is -2.37. The minimum absolute atomic E-state index is 0.248. The van der Waals surface area contributed by atoms with E-state index in [1.807, 2.05) is 4.68 Å². The number of rotatable bonds is 6. The average Bonchev–Trinajstić information content (AvgIpc) is 3.11. The second-order valence-corrected chi connectivity index (χ2v) is 7.04. The standard InChI is InChI=1S/C16H29N5O2/c1-13-6-19(7-14(2)23-13)9-16(22)10-20-5-3-4-15(20)8-21-12-17-11-18-21/h11-16,22H,3-10H2,1-2H3/t13-,14-,15-,16+/m1/s1. The van der Waals surface area contributed by atoms with Gasteiger partial charge in [-0.25, -0.2) is 4.98 Å². The topological polar surface area (TPSA) is 66.7 Å². The van der Waals surface area contributed by atoms with E-state index in [1.165, 1.54) is 6.42 Å². The Labute approximate surface area is 138 Å². The Morgan fingerprint density at radius 3 is 2.74 bits per heavy atom. The number of nitrogens with zero attached hydrogens (tertiary/aromatic N) is 5. The molecule has 0 spiro atoms. The van der Waals surface area contributed by atoms with E-state index in [2.05, 4.69) is 33.7 Å². The van der Waals surface area contributed by atoms with Gasteiger partial charge in [-0.3, -0.25) is 14.5 Å². The van der Waals surface area contributed by atoms with E-state index in [-0.39, 0.29) is 18.3 Å². The number of aromatic nitrogens is 3. The molecule has 3 heterocycles. The molecule has 2 saturated heterocycles. The molecule has 0 aliphatic carbocycles. The molecule has 0 radical (unpaired) electrons. The van der Waals surface area contributed by atoms with Crippen LogP contribution in [-0.2, 0) is 11.3 Å². The largest absolute Gasteiger partial charge is 0.390 e. The van der Waals surface area contributed by atoms with Crippen molar-refractivity contribution in [2.75, 3.05) is 32.7 Å². The van der Waals surface area contributed by atoms with Crippen LogP contribution >= 0.6 is 0 Å². The summed E-state index contributed by atoms with van der Waals surface area (Å²) in [6, 6.07) is 0.453. The minimum atomic E-state index is -0.316. The Morgan fingerprint density at radius 2 is 2.04 bits per heavy atom. The summed E-state index contributed by atoms with van der Waals surface area (Å²) in [5, 5.41) is 14.7. The molecule has 1 aromatic rings. The second-order valence-electron chi connectivity index (χ2n) is 7.04. The average molecular weight is 323 g/mol. The van der Waals surface area contributed by atoms with E-state index in [0.29, 0.717) is 6.04 Å². The molecule has 0 unspecified atom stereocenters. The highest BCUT2D eigenvalue weighted by Crippen LogP contribution is 2.19. The van der Waals surface area contributed by atoms with Gasteiger partial charge in [0, 0.05) is 32.2 Å². The molecule has 130 valence electrons. The summed E-state index contributed by atoms with van der Waals surface area (Å²) in [5.74, 6) is 0. The molecule has 1 aromatic heterocycles. The van der Waals surface area contributed by atoms with Crippen molar-refractivity contribution >= 4 is 0 Å². The molecule has 7 nitrogen and oxygen atoms in total. The molecule has 0 saturated carbocycles. The molecule has 4 atom stereocenters. The lowest BCUT2D eigenvalue weighted by Crippen LogP contribution is -2.50. The number of aliphatic hydroxyl groups is 1.